The van der Waals surface area contributed by atoms with E-state index >= 15 is 0 Å². The number of rotatable bonds is 5. The molecule has 0 bridgehead atoms. The first-order chi connectivity index (χ1) is 9.95. The second-order valence-electron chi connectivity index (χ2n) is 5.90. The standard InChI is InChI=1S/C16H24BrFN2O/c1-3-16(2,20-4-6-21-7-5-20)15(19)10-12-8-13(17)11-14(18)9-12/h8-9,11,15H,3-7,10,19H2,1-2H3. The molecule has 5 heteroatoms. The molecular weight excluding hydrogens is 335 g/mol. The van der Waals surface area contributed by atoms with Crippen LogP contribution in [-0.4, -0.2) is 42.8 Å². The van der Waals surface area contributed by atoms with E-state index in [4.69, 9.17) is 10.5 Å². The van der Waals surface area contributed by atoms with Gasteiger partial charge in [0.05, 0.1) is 13.2 Å². The Balaban J connectivity index is 2.13. The molecule has 21 heavy (non-hydrogen) atoms. The Morgan fingerprint density at radius 1 is 1.38 bits per heavy atom. The molecule has 2 atom stereocenters. The van der Waals surface area contributed by atoms with Crippen LogP contribution in [0.5, 0.6) is 0 Å². The lowest BCUT2D eigenvalue weighted by Gasteiger charge is -2.46. The average molecular weight is 359 g/mol. The first-order valence-corrected chi connectivity index (χ1v) is 8.28. The molecule has 0 aliphatic carbocycles. The van der Waals surface area contributed by atoms with E-state index in [0.29, 0.717) is 6.42 Å². The molecule has 2 N–H and O–H groups in total. The largest absolute Gasteiger partial charge is 0.379 e. The summed E-state index contributed by atoms with van der Waals surface area (Å²) in [4.78, 5) is 2.41. The van der Waals surface area contributed by atoms with Crippen molar-refractivity contribution < 1.29 is 9.13 Å². The summed E-state index contributed by atoms with van der Waals surface area (Å²) in [5.74, 6) is -0.226. The SMILES string of the molecule is CCC(C)(C(N)Cc1cc(F)cc(Br)c1)N1CCOCC1. The molecule has 1 heterocycles. The molecule has 1 aromatic rings. The summed E-state index contributed by atoms with van der Waals surface area (Å²) >= 11 is 3.34. The zero-order chi connectivity index (χ0) is 15.5. The van der Waals surface area contributed by atoms with E-state index in [2.05, 4.69) is 34.7 Å². The number of halogens is 2. The fourth-order valence-corrected chi connectivity index (χ4v) is 3.51. The summed E-state index contributed by atoms with van der Waals surface area (Å²) in [6.45, 7) is 7.70. The van der Waals surface area contributed by atoms with Crippen molar-refractivity contribution in [2.45, 2.75) is 38.3 Å². The molecule has 1 fully saturated rings. The zero-order valence-electron chi connectivity index (χ0n) is 12.7. The van der Waals surface area contributed by atoms with Crippen molar-refractivity contribution in [1.29, 1.82) is 0 Å². The topological polar surface area (TPSA) is 38.5 Å². The maximum atomic E-state index is 13.5. The van der Waals surface area contributed by atoms with Gasteiger partial charge in [-0.2, -0.15) is 0 Å². The van der Waals surface area contributed by atoms with Crippen LogP contribution in [0.15, 0.2) is 22.7 Å². The maximum Gasteiger partial charge on any atom is 0.124 e. The van der Waals surface area contributed by atoms with Gasteiger partial charge in [-0.1, -0.05) is 22.9 Å². The third-order valence-corrected chi connectivity index (χ3v) is 5.08. The molecule has 3 nitrogen and oxygen atoms in total. The molecule has 0 spiro atoms. The fourth-order valence-electron chi connectivity index (χ4n) is 3.00. The number of morpholine rings is 1. The first-order valence-electron chi connectivity index (χ1n) is 7.49. The normalized spacial score (nSPS) is 21.0. The average Bonchev–Trinajstić information content (AvgIpc) is 2.46. The third-order valence-electron chi connectivity index (χ3n) is 4.63. The second kappa shape index (κ2) is 7.18. The molecule has 1 aliphatic heterocycles. The van der Waals surface area contributed by atoms with Gasteiger partial charge >= 0.3 is 0 Å². The molecule has 1 aromatic carbocycles. The molecule has 2 rings (SSSR count). The Bertz CT molecular complexity index is 459. The van der Waals surface area contributed by atoms with Gasteiger partial charge in [-0.05, 0) is 43.5 Å². The van der Waals surface area contributed by atoms with Crippen LogP contribution < -0.4 is 5.73 Å². The molecule has 1 saturated heterocycles. The van der Waals surface area contributed by atoms with Crippen LogP contribution in [0.3, 0.4) is 0 Å². The zero-order valence-corrected chi connectivity index (χ0v) is 14.3. The Hall–Kier alpha value is -0.490. The number of hydrogen-bond acceptors (Lipinski definition) is 3. The summed E-state index contributed by atoms with van der Waals surface area (Å²) in [5, 5.41) is 0. The predicted molar refractivity (Wildman–Crippen MR) is 86.9 cm³/mol. The van der Waals surface area contributed by atoms with E-state index in [-0.39, 0.29) is 17.4 Å². The van der Waals surface area contributed by atoms with Gasteiger partial charge in [0.25, 0.3) is 0 Å². The molecule has 118 valence electrons. The van der Waals surface area contributed by atoms with Crippen molar-refractivity contribution in [3.8, 4) is 0 Å². The number of hydrogen-bond donors (Lipinski definition) is 1. The smallest absolute Gasteiger partial charge is 0.124 e. The quantitative estimate of drug-likeness (QED) is 0.879. The Labute approximate surface area is 134 Å². The van der Waals surface area contributed by atoms with Gasteiger partial charge in [-0.3, -0.25) is 4.90 Å². The van der Waals surface area contributed by atoms with Crippen molar-refractivity contribution in [2.24, 2.45) is 5.73 Å². The minimum absolute atomic E-state index is 0.0469. The third kappa shape index (κ3) is 4.03. The molecule has 1 aliphatic rings. The van der Waals surface area contributed by atoms with Crippen molar-refractivity contribution in [3.63, 3.8) is 0 Å². The summed E-state index contributed by atoms with van der Waals surface area (Å²) in [6.07, 6.45) is 1.63. The van der Waals surface area contributed by atoms with Gasteiger partial charge in [0.15, 0.2) is 0 Å². The second-order valence-corrected chi connectivity index (χ2v) is 6.81. The first kappa shape index (κ1) is 16.9. The maximum absolute atomic E-state index is 13.5. The lowest BCUT2D eigenvalue weighted by atomic mass is 9.84. The van der Waals surface area contributed by atoms with Gasteiger partial charge < -0.3 is 10.5 Å². The highest BCUT2D eigenvalue weighted by Gasteiger charge is 2.36. The van der Waals surface area contributed by atoms with Crippen molar-refractivity contribution in [2.75, 3.05) is 26.3 Å². The number of nitrogens with zero attached hydrogens (tertiary/aromatic N) is 1. The van der Waals surface area contributed by atoms with Crippen molar-refractivity contribution >= 4 is 15.9 Å². The van der Waals surface area contributed by atoms with E-state index in [1.54, 1.807) is 6.07 Å². The highest BCUT2D eigenvalue weighted by molar-refractivity contribution is 9.10. The van der Waals surface area contributed by atoms with Crippen LogP contribution in [0.4, 0.5) is 4.39 Å². The van der Waals surface area contributed by atoms with E-state index in [1.807, 2.05) is 6.07 Å². The van der Waals surface area contributed by atoms with Crippen LogP contribution in [0, 0.1) is 5.82 Å². The van der Waals surface area contributed by atoms with Crippen molar-refractivity contribution in [3.05, 3.63) is 34.1 Å². The fraction of sp³-hybridized carbons (Fsp3) is 0.625. The highest BCUT2D eigenvalue weighted by Crippen LogP contribution is 2.27. The monoisotopic (exact) mass is 358 g/mol. The lowest BCUT2D eigenvalue weighted by molar-refractivity contribution is -0.0272. The molecule has 0 saturated carbocycles. The van der Waals surface area contributed by atoms with Crippen LogP contribution in [0.1, 0.15) is 25.8 Å². The van der Waals surface area contributed by atoms with Gasteiger partial charge in [-0.25, -0.2) is 4.39 Å². The van der Waals surface area contributed by atoms with Crippen LogP contribution in [-0.2, 0) is 11.2 Å². The Morgan fingerprint density at radius 2 is 2.05 bits per heavy atom. The van der Waals surface area contributed by atoms with Crippen LogP contribution in [0.2, 0.25) is 0 Å². The van der Waals surface area contributed by atoms with Gasteiger partial charge in [0, 0.05) is 29.1 Å². The summed E-state index contributed by atoms with van der Waals surface area (Å²) in [6, 6.07) is 4.93. The van der Waals surface area contributed by atoms with Crippen LogP contribution >= 0.6 is 15.9 Å². The molecule has 0 radical (unpaired) electrons. The lowest BCUT2D eigenvalue weighted by Crippen LogP contribution is -2.61. The van der Waals surface area contributed by atoms with E-state index in [0.717, 1.165) is 42.8 Å². The number of benzene rings is 1. The summed E-state index contributed by atoms with van der Waals surface area (Å²) in [5.41, 5.74) is 7.34. The van der Waals surface area contributed by atoms with E-state index < -0.39 is 0 Å². The minimum atomic E-state index is -0.226. The summed E-state index contributed by atoms with van der Waals surface area (Å²) < 4.78 is 19.7. The van der Waals surface area contributed by atoms with Gasteiger partial charge in [-0.15, -0.1) is 0 Å². The Kier molecular flexibility index (Phi) is 5.77. The Morgan fingerprint density at radius 3 is 2.62 bits per heavy atom. The number of nitrogens with two attached hydrogens (primary N) is 1. The highest BCUT2D eigenvalue weighted by atomic mass is 79.9. The predicted octanol–water partition coefficient (Wildman–Crippen LogP) is 2.96. The molecular formula is C16H24BrFN2O. The summed E-state index contributed by atoms with van der Waals surface area (Å²) in [7, 11) is 0. The molecule has 0 amide bonds. The molecule has 0 aromatic heterocycles. The van der Waals surface area contributed by atoms with Gasteiger partial charge in [0.1, 0.15) is 5.82 Å². The van der Waals surface area contributed by atoms with E-state index in [1.165, 1.54) is 6.07 Å². The van der Waals surface area contributed by atoms with Crippen LogP contribution in [0.25, 0.3) is 0 Å². The number of ether oxygens (including phenoxy) is 1. The minimum Gasteiger partial charge on any atom is -0.379 e. The van der Waals surface area contributed by atoms with E-state index in [9.17, 15) is 4.39 Å². The van der Waals surface area contributed by atoms with Gasteiger partial charge in [0.2, 0.25) is 0 Å². The van der Waals surface area contributed by atoms with Crippen molar-refractivity contribution in [1.82, 2.24) is 4.90 Å². The molecule has 2 unspecified atom stereocenters.